The summed E-state index contributed by atoms with van der Waals surface area (Å²) in [6, 6.07) is 10.3. The van der Waals surface area contributed by atoms with Crippen molar-refractivity contribution in [3.05, 3.63) is 35.9 Å². The summed E-state index contributed by atoms with van der Waals surface area (Å²) in [6.45, 7) is 7.43. The summed E-state index contributed by atoms with van der Waals surface area (Å²) in [5.41, 5.74) is 1.08. The molecule has 0 aliphatic carbocycles. The molecule has 0 saturated carbocycles. The minimum Gasteiger partial charge on any atom is -0.394 e. The van der Waals surface area contributed by atoms with E-state index in [-0.39, 0.29) is 12.1 Å². The molecular formula is C14H23NO. The Bertz CT molecular complexity index is 297. The summed E-state index contributed by atoms with van der Waals surface area (Å²) < 4.78 is 0. The molecule has 16 heavy (non-hydrogen) atoms. The molecule has 0 aliphatic heterocycles. The SMILES string of the molecule is CC(C)CC(C)(CO)NCc1ccccc1. The van der Waals surface area contributed by atoms with E-state index in [9.17, 15) is 5.11 Å². The average molecular weight is 221 g/mol. The van der Waals surface area contributed by atoms with Gasteiger partial charge >= 0.3 is 0 Å². The predicted molar refractivity (Wildman–Crippen MR) is 68.2 cm³/mol. The molecule has 2 nitrogen and oxygen atoms in total. The average Bonchev–Trinajstić information content (AvgIpc) is 2.27. The minimum absolute atomic E-state index is 0.177. The highest BCUT2D eigenvalue weighted by atomic mass is 16.3. The van der Waals surface area contributed by atoms with E-state index in [1.807, 2.05) is 18.2 Å². The zero-order valence-electron chi connectivity index (χ0n) is 10.5. The number of aliphatic hydroxyl groups is 1. The van der Waals surface area contributed by atoms with Crippen molar-refractivity contribution in [3.63, 3.8) is 0 Å². The molecule has 0 heterocycles. The molecule has 0 saturated heterocycles. The van der Waals surface area contributed by atoms with Gasteiger partial charge in [0.1, 0.15) is 0 Å². The molecular weight excluding hydrogens is 198 g/mol. The molecule has 2 N–H and O–H groups in total. The van der Waals surface area contributed by atoms with Crippen molar-refractivity contribution < 1.29 is 5.11 Å². The van der Waals surface area contributed by atoms with Gasteiger partial charge in [0.2, 0.25) is 0 Å². The number of benzene rings is 1. The maximum atomic E-state index is 9.45. The van der Waals surface area contributed by atoms with Crippen LogP contribution < -0.4 is 5.32 Å². The molecule has 1 unspecified atom stereocenters. The first-order valence-electron chi connectivity index (χ1n) is 5.95. The second-order valence-electron chi connectivity index (χ2n) is 5.16. The van der Waals surface area contributed by atoms with Crippen molar-refractivity contribution in [3.8, 4) is 0 Å². The van der Waals surface area contributed by atoms with Gasteiger partial charge in [-0.2, -0.15) is 0 Å². The van der Waals surface area contributed by atoms with Crippen LogP contribution in [0.25, 0.3) is 0 Å². The lowest BCUT2D eigenvalue weighted by Gasteiger charge is -2.30. The van der Waals surface area contributed by atoms with E-state index >= 15 is 0 Å². The van der Waals surface area contributed by atoms with Gasteiger partial charge < -0.3 is 10.4 Å². The summed E-state index contributed by atoms with van der Waals surface area (Å²) in [7, 11) is 0. The molecule has 0 bridgehead atoms. The number of hydrogen-bond acceptors (Lipinski definition) is 2. The predicted octanol–water partition coefficient (Wildman–Crippen LogP) is 2.57. The lowest BCUT2D eigenvalue weighted by Crippen LogP contribution is -2.46. The Morgan fingerprint density at radius 3 is 2.38 bits per heavy atom. The molecule has 90 valence electrons. The Labute approximate surface area is 98.7 Å². The topological polar surface area (TPSA) is 32.3 Å². The Morgan fingerprint density at radius 1 is 1.25 bits per heavy atom. The van der Waals surface area contributed by atoms with Gasteiger partial charge in [-0.3, -0.25) is 0 Å². The summed E-state index contributed by atoms with van der Waals surface area (Å²) in [4.78, 5) is 0. The molecule has 0 aliphatic rings. The number of rotatable bonds is 6. The fourth-order valence-electron chi connectivity index (χ4n) is 2.00. The van der Waals surface area contributed by atoms with Gasteiger partial charge in [-0.25, -0.2) is 0 Å². The molecule has 0 spiro atoms. The standard InChI is InChI=1S/C14H23NO/c1-12(2)9-14(3,11-16)15-10-13-7-5-4-6-8-13/h4-8,12,15-16H,9-11H2,1-3H3. The van der Waals surface area contributed by atoms with Crippen LogP contribution in [0.4, 0.5) is 0 Å². The van der Waals surface area contributed by atoms with Crippen LogP contribution in [0.15, 0.2) is 30.3 Å². The van der Waals surface area contributed by atoms with Crippen LogP contribution in [-0.4, -0.2) is 17.3 Å². The van der Waals surface area contributed by atoms with Gasteiger partial charge in [0, 0.05) is 12.1 Å². The van der Waals surface area contributed by atoms with E-state index in [1.165, 1.54) is 5.56 Å². The van der Waals surface area contributed by atoms with Crippen LogP contribution in [0.1, 0.15) is 32.8 Å². The highest BCUT2D eigenvalue weighted by Crippen LogP contribution is 2.16. The van der Waals surface area contributed by atoms with E-state index in [1.54, 1.807) is 0 Å². The van der Waals surface area contributed by atoms with Crippen LogP contribution in [0.2, 0.25) is 0 Å². The van der Waals surface area contributed by atoms with E-state index in [0.717, 1.165) is 13.0 Å². The summed E-state index contributed by atoms with van der Waals surface area (Å²) in [5, 5.41) is 12.9. The second-order valence-corrected chi connectivity index (χ2v) is 5.16. The van der Waals surface area contributed by atoms with E-state index in [2.05, 4.69) is 38.2 Å². The molecule has 0 radical (unpaired) electrons. The first-order chi connectivity index (χ1) is 7.56. The Balaban J connectivity index is 2.51. The molecule has 1 aromatic rings. The Hall–Kier alpha value is -0.860. The smallest absolute Gasteiger partial charge is 0.0610 e. The molecule has 0 amide bonds. The number of hydrogen-bond donors (Lipinski definition) is 2. The normalized spacial score (nSPS) is 15.1. The van der Waals surface area contributed by atoms with E-state index in [0.29, 0.717) is 5.92 Å². The lowest BCUT2D eigenvalue weighted by molar-refractivity contribution is 0.151. The van der Waals surface area contributed by atoms with Crippen molar-refractivity contribution in [1.29, 1.82) is 0 Å². The molecule has 0 fully saturated rings. The van der Waals surface area contributed by atoms with Crippen LogP contribution in [0.5, 0.6) is 0 Å². The molecule has 1 rings (SSSR count). The second kappa shape index (κ2) is 6.02. The fourth-order valence-corrected chi connectivity index (χ4v) is 2.00. The van der Waals surface area contributed by atoms with Crippen LogP contribution in [-0.2, 0) is 6.54 Å². The molecule has 1 atom stereocenters. The zero-order valence-corrected chi connectivity index (χ0v) is 10.5. The van der Waals surface area contributed by atoms with Crippen molar-refractivity contribution in [2.75, 3.05) is 6.61 Å². The Kier molecular flexibility index (Phi) is 4.97. The highest BCUT2D eigenvalue weighted by Gasteiger charge is 2.23. The molecule has 0 aromatic heterocycles. The minimum atomic E-state index is -0.177. The number of nitrogens with one attached hydrogen (secondary N) is 1. The van der Waals surface area contributed by atoms with Crippen LogP contribution >= 0.6 is 0 Å². The maximum absolute atomic E-state index is 9.45. The van der Waals surface area contributed by atoms with Gasteiger partial charge in [-0.15, -0.1) is 0 Å². The third-order valence-electron chi connectivity index (χ3n) is 2.77. The third-order valence-corrected chi connectivity index (χ3v) is 2.77. The molecule has 2 heteroatoms. The van der Waals surface area contributed by atoms with E-state index < -0.39 is 0 Å². The fraction of sp³-hybridized carbons (Fsp3) is 0.571. The van der Waals surface area contributed by atoms with Crippen LogP contribution in [0.3, 0.4) is 0 Å². The quantitative estimate of drug-likeness (QED) is 0.774. The first kappa shape index (κ1) is 13.2. The zero-order chi connectivity index (χ0) is 12.0. The highest BCUT2D eigenvalue weighted by molar-refractivity contribution is 5.14. The van der Waals surface area contributed by atoms with E-state index in [4.69, 9.17) is 0 Å². The number of aliphatic hydroxyl groups excluding tert-OH is 1. The summed E-state index contributed by atoms with van der Waals surface area (Å²) in [5.74, 6) is 0.584. The van der Waals surface area contributed by atoms with Gasteiger partial charge in [-0.05, 0) is 24.8 Å². The van der Waals surface area contributed by atoms with Gasteiger partial charge in [-0.1, -0.05) is 44.2 Å². The van der Waals surface area contributed by atoms with Gasteiger partial charge in [0.25, 0.3) is 0 Å². The third kappa shape index (κ3) is 4.33. The van der Waals surface area contributed by atoms with Crippen molar-refractivity contribution in [2.24, 2.45) is 5.92 Å². The van der Waals surface area contributed by atoms with Crippen molar-refractivity contribution >= 4 is 0 Å². The summed E-state index contributed by atoms with van der Waals surface area (Å²) in [6.07, 6.45) is 0.982. The van der Waals surface area contributed by atoms with Gasteiger partial charge in [0.05, 0.1) is 6.61 Å². The monoisotopic (exact) mass is 221 g/mol. The van der Waals surface area contributed by atoms with Crippen molar-refractivity contribution in [2.45, 2.75) is 39.3 Å². The molecule has 1 aromatic carbocycles. The van der Waals surface area contributed by atoms with Crippen molar-refractivity contribution in [1.82, 2.24) is 5.32 Å². The Morgan fingerprint density at radius 2 is 1.88 bits per heavy atom. The van der Waals surface area contributed by atoms with Crippen LogP contribution in [0, 0.1) is 5.92 Å². The largest absolute Gasteiger partial charge is 0.394 e. The first-order valence-corrected chi connectivity index (χ1v) is 5.95. The summed E-state index contributed by atoms with van der Waals surface area (Å²) >= 11 is 0. The lowest BCUT2D eigenvalue weighted by atomic mass is 9.91. The maximum Gasteiger partial charge on any atom is 0.0610 e. The van der Waals surface area contributed by atoms with Gasteiger partial charge in [0.15, 0.2) is 0 Å².